The number of ether oxygens (including phenoxy) is 1. The maximum atomic E-state index is 13.3. The molecule has 1 aliphatic rings. The van der Waals surface area contributed by atoms with Crippen molar-refractivity contribution in [2.45, 2.75) is 5.92 Å². The Bertz CT molecular complexity index is 1790. The van der Waals surface area contributed by atoms with Gasteiger partial charge in [0, 0.05) is 10.4 Å². The van der Waals surface area contributed by atoms with Gasteiger partial charge in [-0.25, -0.2) is 19.3 Å². The SMILES string of the molecule is O=c1oc2ccccc2c2c1C(c1cccs1)c1c(ncn3nc(-c4ccccc4Cl)nc13)O2. The Kier molecular flexibility index (Phi) is 4.15. The molecule has 1 atom stereocenters. The number of halogens is 1. The van der Waals surface area contributed by atoms with Crippen LogP contribution in [-0.2, 0) is 0 Å². The molecule has 9 heteroatoms. The number of hydrogen-bond acceptors (Lipinski definition) is 7. The van der Waals surface area contributed by atoms with E-state index in [-0.39, 0.29) is 0 Å². The summed E-state index contributed by atoms with van der Waals surface area (Å²) in [5.41, 5.74) is 2.33. The molecule has 0 aliphatic carbocycles. The van der Waals surface area contributed by atoms with Gasteiger partial charge in [0.25, 0.3) is 0 Å². The van der Waals surface area contributed by atoms with Crippen LogP contribution >= 0.6 is 22.9 Å². The third kappa shape index (κ3) is 2.76. The van der Waals surface area contributed by atoms with Crippen molar-refractivity contribution in [1.82, 2.24) is 19.6 Å². The van der Waals surface area contributed by atoms with Gasteiger partial charge in [-0.2, -0.15) is 0 Å². The largest absolute Gasteiger partial charge is 0.437 e. The lowest BCUT2D eigenvalue weighted by atomic mass is 9.88. The first-order valence-corrected chi connectivity index (χ1v) is 11.7. The fourth-order valence-electron chi connectivity index (χ4n) is 4.43. The highest BCUT2D eigenvalue weighted by Crippen LogP contribution is 2.49. The second kappa shape index (κ2) is 7.24. The molecule has 0 fully saturated rings. The molecule has 0 bridgehead atoms. The number of para-hydroxylation sites is 1. The van der Waals surface area contributed by atoms with Crippen molar-refractivity contribution in [3.8, 4) is 23.0 Å². The Hall–Kier alpha value is -4.01. The molecule has 0 N–H and O–H groups in total. The first kappa shape index (κ1) is 19.5. The van der Waals surface area contributed by atoms with Crippen LogP contribution in [0.1, 0.15) is 21.9 Å². The zero-order chi connectivity index (χ0) is 22.8. The van der Waals surface area contributed by atoms with Crippen molar-refractivity contribution in [3.05, 3.63) is 104 Å². The molecule has 1 aliphatic heterocycles. The predicted molar refractivity (Wildman–Crippen MR) is 129 cm³/mol. The molecule has 1 unspecified atom stereocenters. The number of fused-ring (bicyclic) bond motifs is 6. The van der Waals surface area contributed by atoms with Gasteiger partial charge >= 0.3 is 5.63 Å². The summed E-state index contributed by atoms with van der Waals surface area (Å²) in [7, 11) is 0. The van der Waals surface area contributed by atoms with Gasteiger partial charge in [-0.3, -0.25) is 0 Å². The van der Waals surface area contributed by atoms with E-state index in [1.54, 1.807) is 34.3 Å². The normalized spacial score (nSPS) is 14.7. The van der Waals surface area contributed by atoms with Crippen LogP contribution in [0.15, 0.2) is 81.6 Å². The van der Waals surface area contributed by atoms with E-state index >= 15 is 0 Å². The fourth-order valence-corrected chi connectivity index (χ4v) is 5.49. The van der Waals surface area contributed by atoms with E-state index in [9.17, 15) is 4.79 Å². The lowest BCUT2D eigenvalue weighted by molar-refractivity contribution is 0.423. The van der Waals surface area contributed by atoms with Gasteiger partial charge in [0.2, 0.25) is 5.88 Å². The molecule has 4 aromatic heterocycles. The van der Waals surface area contributed by atoms with Crippen molar-refractivity contribution in [2.24, 2.45) is 0 Å². The smallest absolute Gasteiger partial charge is 0.344 e. The van der Waals surface area contributed by atoms with Crippen LogP contribution in [-0.4, -0.2) is 19.6 Å². The Balaban J connectivity index is 1.55. The van der Waals surface area contributed by atoms with Gasteiger partial charge in [0.15, 0.2) is 17.2 Å². The highest BCUT2D eigenvalue weighted by atomic mass is 35.5. The van der Waals surface area contributed by atoms with Gasteiger partial charge in [-0.05, 0) is 35.7 Å². The summed E-state index contributed by atoms with van der Waals surface area (Å²) in [5.74, 6) is 0.828. The average molecular weight is 485 g/mol. The van der Waals surface area contributed by atoms with E-state index in [4.69, 9.17) is 25.7 Å². The highest BCUT2D eigenvalue weighted by Gasteiger charge is 2.38. The van der Waals surface area contributed by atoms with Crippen LogP contribution in [0, 0.1) is 0 Å². The third-order valence-corrected chi connectivity index (χ3v) is 7.17. The van der Waals surface area contributed by atoms with Gasteiger partial charge in [-0.1, -0.05) is 41.9 Å². The topological polar surface area (TPSA) is 82.5 Å². The van der Waals surface area contributed by atoms with Crippen molar-refractivity contribution >= 4 is 39.6 Å². The molecule has 0 saturated carbocycles. The maximum absolute atomic E-state index is 13.3. The highest BCUT2D eigenvalue weighted by molar-refractivity contribution is 7.10. The lowest BCUT2D eigenvalue weighted by Crippen LogP contribution is -2.21. The van der Waals surface area contributed by atoms with Crippen molar-refractivity contribution in [3.63, 3.8) is 0 Å². The first-order valence-electron chi connectivity index (χ1n) is 10.5. The van der Waals surface area contributed by atoms with E-state index in [0.29, 0.717) is 55.8 Å². The predicted octanol–water partition coefficient (Wildman–Crippen LogP) is 5.90. The van der Waals surface area contributed by atoms with E-state index in [1.807, 2.05) is 53.9 Å². The minimum absolute atomic E-state index is 0.382. The Labute approximate surface area is 200 Å². The Morgan fingerprint density at radius 2 is 1.85 bits per heavy atom. The third-order valence-electron chi connectivity index (χ3n) is 5.90. The van der Waals surface area contributed by atoms with E-state index in [0.717, 1.165) is 4.88 Å². The van der Waals surface area contributed by atoms with Crippen LogP contribution in [0.4, 0.5) is 0 Å². The first-order chi connectivity index (χ1) is 16.7. The maximum Gasteiger partial charge on any atom is 0.344 e. The van der Waals surface area contributed by atoms with E-state index in [1.165, 1.54) is 0 Å². The summed E-state index contributed by atoms with van der Waals surface area (Å²) >= 11 is 7.94. The molecule has 7 rings (SSSR count). The summed E-state index contributed by atoms with van der Waals surface area (Å²) < 4.78 is 13.6. The number of thiophene rings is 1. The standard InChI is InChI=1S/C25H13ClN4O3S/c26-15-8-3-1-6-13(15)22-28-23-20-18(17-10-5-11-34-17)19-21(33-24(20)27-12-30(23)29-22)14-7-2-4-9-16(14)32-25(19)31/h1-12,18H. The van der Waals surface area contributed by atoms with Crippen molar-refractivity contribution < 1.29 is 9.15 Å². The zero-order valence-corrected chi connectivity index (χ0v) is 18.9. The van der Waals surface area contributed by atoms with Gasteiger partial charge < -0.3 is 9.15 Å². The molecule has 6 aromatic rings. The minimum atomic E-state index is -0.473. The molecule has 164 valence electrons. The van der Waals surface area contributed by atoms with Crippen molar-refractivity contribution in [1.29, 1.82) is 0 Å². The Morgan fingerprint density at radius 1 is 1.00 bits per heavy atom. The minimum Gasteiger partial charge on any atom is -0.437 e. The number of benzene rings is 2. The van der Waals surface area contributed by atoms with Crippen LogP contribution in [0.2, 0.25) is 5.02 Å². The summed E-state index contributed by atoms with van der Waals surface area (Å²) in [6, 6.07) is 18.6. The van der Waals surface area contributed by atoms with E-state index in [2.05, 4.69) is 10.1 Å². The van der Waals surface area contributed by atoms with Crippen LogP contribution < -0.4 is 10.4 Å². The molecule has 34 heavy (non-hydrogen) atoms. The fraction of sp³-hybridized carbons (Fsp3) is 0.0400. The Morgan fingerprint density at radius 3 is 2.71 bits per heavy atom. The van der Waals surface area contributed by atoms with Gasteiger partial charge in [0.05, 0.1) is 27.5 Å². The second-order valence-electron chi connectivity index (χ2n) is 7.83. The molecule has 2 aromatic carbocycles. The quantitative estimate of drug-likeness (QED) is 0.284. The number of aromatic nitrogens is 4. The molecular weight excluding hydrogens is 472 g/mol. The lowest BCUT2D eigenvalue weighted by Gasteiger charge is -2.26. The average Bonchev–Trinajstić information content (AvgIpc) is 3.53. The second-order valence-corrected chi connectivity index (χ2v) is 9.21. The summed E-state index contributed by atoms with van der Waals surface area (Å²) in [4.78, 5) is 23.6. The van der Waals surface area contributed by atoms with Crippen LogP contribution in [0.25, 0.3) is 28.0 Å². The molecule has 7 nitrogen and oxygen atoms in total. The monoisotopic (exact) mass is 484 g/mol. The number of hydrogen-bond donors (Lipinski definition) is 0. The van der Waals surface area contributed by atoms with E-state index < -0.39 is 11.5 Å². The molecular formula is C25H13ClN4O3S. The van der Waals surface area contributed by atoms with Crippen LogP contribution in [0.5, 0.6) is 11.6 Å². The number of rotatable bonds is 2. The summed E-state index contributed by atoms with van der Waals surface area (Å²) in [5, 5.41) is 7.83. The van der Waals surface area contributed by atoms with Gasteiger partial charge in [0.1, 0.15) is 11.9 Å². The zero-order valence-electron chi connectivity index (χ0n) is 17.3. The van der Waals surface area contributed by atoms with Crippen molar-refractivity contribution in [2.75, 3.05) is 0 Å². The number of nitrogens with zero attached hydrogens (tertiary/aromatic N) is 4. The summed E-state index contributed by atoms with van der Waals surface area (Å²) in [6.45, 7) is 0. The molecule has 0 radical (unpaired) electrons. The van der Waals surface area contributed by atoms with Gasteiger partial charge in [-0.15, -0.1) is 16.4 Å². The molecule has 5 heterocycles. The molecule has 0 saturated heterocycles. The molecule has 0 amide bonds. The molecule has 0 spiro atoms. The summed E-state index contributed by atoms with van der Waals surface area (Å²) in [6.07, 6.45) is 1.56. The van der Waals surface area contributed by atoms with Crippen LogP contribution in [0.3, 0.4) is 0 Å².